The largest absolute Gasteiger partial charge is 0.457 e. The van der Waals surface area contributed by atoms with E-state index in [1.165, 1.54) is 5.69 Å². The van der Waals surface area contributed by atoms with Crippen LogP contribution in [0, 0.1) is 0 Å². The van der Waals surface area contributed by atoms with Gasteiger partial charge in [0.1, 0.15) is 17.2 Å². The number of aryl methyl sites for hydroxylation is 1. The number of para-hydroxylation sites is 1. The Balaban J connectivity index is 1.24. The van der Waals surface area contributed by atoms with E-state index in [9.17, 15) is 0 Å². The van der Waals surface area contributed by atoms with Crippen molar-refractivity contribution in [2.45, 2.75) is 6.92 Å². The smallest absolute Gasteiger partial charge is 0.162 e. The maximum atomic E-state index is 6.33. The van der Waals surface area contributed by atoms with E-state index in [-0.39, 0.29) is 0 Å². The van der Waals surface area contributed by atoms with Crippen LogP contribution in [0.1, 0.15) is 6.92 Å². The Morgan fingerprint density at radius 1 is 0.895 bits per heavy atom. The van der Waals surface area contributed by atoms with Crippen molar-refractivity contribution in [3.63, 3.8) is 0 Å². The average Bonchev–Trinajstić information content (AvgIpc) is 3.53. The van der Waals surface area contributed by atoms with Crippen LogP contribution in [0.3, 0.4) is 0 Å². The van der Waals surface area contributed by atoms with Crippen molar-refractivity contribution in [1.29, 1.82) is 0 Å². The number of ether oxygens (including phenoxy) is 1. The number of hydrogen-bond donors (Lipinski definition) is 1. The normalized spacial score (nSPS) is 14.6. The third kappa shape index (κ3) is 3.85. The topological polar surface area (TPSA) is 75.1 Å². The Labute approximate surface area is 220 Å². The molecule has 7 rings (SSSR count). The molecular weight excluding hydrogens is 474 g/mol. The second kappa shape index (κ2) is 9.15. The molecule has 8 heteroatoms. The van der Waals surface area contributed by atoms with E-state index in [1.54, 1.807) is 6.20 Å². The molecule has 1 saturated heterocycles. The van der Waals surface area contributed by atoms with Crippen molar-refractivity contribution < 1.29 is 4.74 Å². The molecule has 0 radical (unpaired) electrons. The third-order valence-electron chi connectivity index (χ3n) is 7.63. The monoisotopic (exact) mass is 503 g/mol. The number of aromatic nitrogens is 5. The molecule has 8 nitrogen and oxygen atoms in total. The summed E-state index contributed by atoms with van der Waals surface area (Å²) < 4.78 is 8.47. The summed E-state index contributed by atoms with van der Waals surface area (Å²) in [6, 6.07) is 22.4. The van der Waals surface area contributed by atoms with Gasteiger partial charge in [0.25, 0.3) is 0 Å². The molecule has 0 saturated carbocycles. The van der Waals surface area contributed by atoms with E-state index in [0.29, 0.717) is 0 Å². The number of pyridine rings is 1. The molecule has 0 spiro atoms. The molecule has 3 aromatic heterocycles. The first kappa shape index (κ1) is 22.7. The maximum absolute atomic E-state index is 6.33. The van der Waals surface area contributed by atoms with Gasteiger partial charge in [0.05, 0.1) is 22.1 Å². The van der Waals surface area contributed by atoms with Gasteiger partial charge in [0, 0.05) is 55.9 Å². The molecule has 1 aliphatic rings. The van der Waals surface area contributed by atoms with Crippen LogP contribution < -0.4 is 9.64 Å². The number of likely N-dealkylation sites (N-methyl/N-ethyl adjacent to an activating group) is 1. The Bertz CT molecular complexity index is 1770. The maximum Gasteiger partial charge on any atom is 0.162 e. The van der Waals surface area contributed by atoms with Gasteiger partial charge in [-0.1, -0.05) is 19.1 Å². The molecule has 0 amide bonds. The number of benzene rings is 3. The minimum absolute atomic E-state index is 0.740. The first-order valence-corrected chi connectivity index (χ1v) is 13.1. The minimum Gasteiger partial charge on any atom is -0.457 e. The Morgan fingerprint density at radius 2 is 1.76 bits per heavy atom. The van der Waals surface area contributed by atoms with E-state index >= 15 is 0 Å². The number of hydrogen-bond acceptors (Lipinski definition) is 6. The van der Waals surface area contributed by atoms with Crippen LogP contribution in [0.5, 0.6) is 11.5 Å². The lowest BCUT2D eigenvalue weighted by molar-refractivity contribution is 0.271. The lowest BCUT2D eigenvalue weighted by atomic mass is 10.2. The van der Waals surface area contributed by atoms with Gasteiger partial charge in [-0.05, 0) is 61.1 Å². The van der Waals surface area contributed by atoms with Crippen LogP contribution in [-0.2, 0) is 7.05 Å². The molecule has 0 unspecified atom stereocenters. The highest BCUT2D eigenvalue weighted by atomic mass is 16.5. The molecule has 38 heavy (non-hydrogen) atoms. The highest BCUT2D eigenvalue weighted by Gasteiger charge is 2.20. The first-order chi connectivity index (χ1) is 18.7. The lowest BCUT2D eigenvalue weighted by Crippen LogP contribution is -2.46. The summed E-state index contributed by atoms with van der Waals surface area (Å²) in [6.07, 6.45) is 1.77. The molecule has 3 aromatic carbocycles. The van der Waals surface area contributed by atoms with E-state index in [4.69, 9.17) is 9.72 Å². The fourth-order valence-corrected chi connectivity index (χ4v) is 5.42. The molecule has 1 fully saturated rings. The molecular formula is C30H29N7O. The van der Waals surface area contributed by atoms with E-state index in [1.807, 2.05) is 48.5 Å². The highest BCUT2D eigenvalue weighted by Crippen LogP contribution is 2.34. The number of rotatable bonds is 5. The summed E-state index contributed by atoms with van der Waals surface area (Å²) in [4.78, 5) is 14.4. The average molecular weight is 504 g/mol. The predicted octanol–water partition coefficient (Wildman–Crippen LogP) is 5.60. The van der Waals surface area contributed by atoms with Crippen molar-refractivity contribution in [2.24, 2.45) is 7.05 Å². The zero-order valence-electron chi connectivity index (χ0n) is 21.6. The fraction of sp³-hybridized carbons (Fsp3) is 0.233. The zero-order chi connectivity index (χ0) is 25.6. The summed E-state index contributed by atoms with van der Waals surface area (Å²) in [5.41, 5.74) is 5.96. The van der Waals surface area contributed by atoms with Gasteiger partial charge >= 0.3 is 0 Å². The Morgan fingerprint density at radius 3 is 2.63 bits per heavy atom. The van der Waals surface area contributed by atoms with Crippen molar-refractivity contribution in [3.05, 3.63) is 72.9 Å². The van der Waals surface area contributed by atoms with Crippen molar-refractivity contribution in [3.8, 4) is 23.0 Å². The van der Waals surface area contributed by atoms with E-state index in [0.717, 1.165) is 88.6 Å². The third-order valence-corrected chi connectivity index (χ3v) is 7.63. The van der Waals surface area contributed by atoms with Gasteiger partial charge < -0.3 is 19.1 Å². The van der Waals surface area contributed by atoms with Crippen LogP contribution >= 0.6 is 0 Å². The predicted molar refractivity (Wildman–Crippen MR) is 152 cm³/mol. The molecule has 0 aliphatic carbocycles. The SMILES string of the molecule is CCN1CCN(c2ccc3nc(-c4n[nH]c5ccc(Oc6ccnc7ccccc67)cc45)n(C)c3c2)CC1. The standard InChI is InChI=1S/C30H29N7O/c1-3-36-14-16-37(17-15-36)20-8-10-26-27(18-20)35(2)30(32-26)29-23-19-21(9-11-25(23)33-34-29)38-28-12-13-31-24-7-5-4-6-22(24)28/h4-13,18-19H,3,14-17H2,1-2H3,(H,33,34). The summed E-state index contributed by atoms with van der Waals surface area (Å²) >= 11 is 0. The highest BCUT2D eigenvalue weighted by molar-refractivity contribution is 5.95. The van der Waals surface area contributed by atoms with E-state index < -0.39 is 0 Å². The fourth-order valence-electron chi connectivity index (χ4n) is 5.42. The van der Waals surface area contributed by atoms with Crippen LogP contribution in [-0.4, -0.2) is 62.4 Å². The number of anilines is 1. The molecule has 0 atom stereocenters. The summed E-state index contributed by atoms with van der Waals surface area (Å²) in [5, 5.41) is 9.77. The molecule has 1 aliphatic heterocycles. The quantitative estimate of drug-likeness (QED) is 0.330. The van der Waals surface area contributed by atoms with Gasteiger partial charge in [0.2, 0.25) is 0 Å². The molecule has 0 bridgehead atoms. The van der Waals surface area contributed by atoms with E-state index in [2.05, 4.69) is 61.7 Å². The number of fused-ring (bicyclic) bond motifs is 3. The minimum atomic E-state index is 0.740. The van der Waals surface area contributed by atoms with Gasteiger partial charge in [-0.25, -0.2) is 4.98 Å². The number of imidazole rings is 1. The number of nitrogens with one attached hydrogen (secondary N) is 1. The van der Waals surface area contributed by atoms with Gasteiger partial charge in [0.15, 0.2) is 5.82 Å². The zero-order valence-corrected chi connectivity index (χ0v) is 21.6. The van der Waals surface area contributed by atoms with Crippen LogP contribution in [0.15, 0.2) is 72.9 Å². The number of nitrogens with zero attached hydrogens (tertiary/aromatic N) is 6. The Hall–Kier alpha value is -4.43. The summed E-state index contributed by atoms with van der Waals surface area (Å²) in [6.45, 7) is 7.64. The molecule has 6 aromatic rings. The van der Waals surface area contributed by atoms with Gasteiger partial charge in [-0.2, -0.15) is 5.10 Å². The number of aromatic amines is 1. The number of piperazine rings is 1. The lowest BCUT2D eigenvalue weighted by Gasteiger charge is -2.35. The first-order valence-electron chi connectivity index (χ1n) is 13.1. The molecule has 1 N–H and O–H groups in total. The second-order valence-electron chi connectivity index (χ2n) is 9.80. The molecule has 4 heterocycles. The van der Waals surface area contributed by atoms with Crippen LogP contribution in [0.2, 0.25) is 0 Å². The van der Waals surface area contributed by atoms with Gasteiger partial charge in [-0.15, -0.1) is 0 Å². The Kier molecular flexibility index (Phi) is 5.47. The van der Waals surface area contributed by atoms with Crippen molar-refractivity contribution in [2.75, 3.05) is 37.6 Å². The number of H-pyrrole nitrogens is 1. The van der Waals surface area contributed by atoms with Crippen molar-refractivity contribution in [1.82, 2.24) is 29.6 Å². The summed E-state index contributed by atoms with van der Waals surface area (Å²) in [5.74, 6) is 2.34. The van der Waals surface area contributed by atoms with Crippen LogP contribution in [0.4, 0.5) is 5.69 Å². The second-order valence-corrected chi connectivity index (χ2v) is 9.80. The van der Waals surface area contributed by atoms with Crippen molar-refractivity contribution >= 4 is 38.5 Å². The molecule has 190 valence electrons. The van der Waals surface area contributed by atoms with Gasteiger partial charge in [-0.3, -0.25) is 10.1 Å². The van der Waals surface area contributed by atoms with Crippen LogP contribution in [0.25, 0.3) is 44.4 Å². The summed E-state index contributed by atoms with van der Waals surface area (Å²) in [7, 11) is 2.06.